The molecule has 2 N–H and O–H groups in total. The Balaban J connectivity index is 1.69. The van der Waals surface area contributed by atoms with Crippen molar-refractivity contribution in [3.8, 4) is 0 Å². The number of amides is 1. The van der Waals surface area contributed by atoms with Crippen molar-refractivity contribution >= 4 is 5.91 Å². The van der Waals surface area contributed by atoms with Crippen LogP contribution >= 0.6 is 0 Å². The SMILES string of the molecule is NC[C@H]1CC[C@@H](C(=O)N2CCc3ccccc3[C@@H]2c2ccc(F)cc2)O1. The minimum atomic E-state index is -0.434. The highest BCUT2D eigenvalue weighted by Gasteiger charge is 2.38. The molecule has 136 valence electrons. The monoisotopic (exact) mass is 354 g/mol. The van der Waals surface area contributed by atoms with Crippen LogP contribution in [0.4, 0.5) is 4.39 Å². The maximum absolute atomic E-state index is 13.4. The van der Waals surface area contributed by atoms with Gasteiger partial charge in [0.05, 0.1) is 12.1 Å². The fourth-order valence-electron chi connectivity index (χ4n) is 4.05. The summed E-state index contributed by atoms with van der Waals surface area (Å²) in [6.45, 7) is 1.07. The van der Waals surface area contributed by atoms with Crippen LogP contribution in [-0.4, -0.2) is 36.1 Å². The Morgan fingerprint density at radius 3 is 2.65 bits per heavy atom. The fraction of sp³-hybridized carbons (Fsp3) is 0.381. The lowest BCUT2D eigenvalue weighted by molar-refractivity contribution is -0.145. The molecular weight excluding hydrogens is 331 g/mol. The number of hydrogen-bond acceptors (Lipinski definition) is 3. The normalized spacial score (nSPS) is 25.2. The maximum atomic E-state index is 13.4. The second-order valence-electron chi connectivity index (χ2n) is 6.99. The van der Waals surface area contributed by atoms with Gasteiger partial charge in [0.1, 0.15) is 11.9 Å². The molecule has 0 radical (unpaired) electrons. The minimum Gasteiger partial charge on any atom is -0.364 e. The van der Waals surface area contributed by atoms with Gasteiger partial charge in [-0.05, 0) is 48.1 Å². The van der Waals surface area contributed by atoms with Crippen molar-refractivity contribution in [3.05, 3.63) is 71.0 Å². The van der Waals surface area contributed by atoms with Gasteiger partial charge in [-0.2, -0.15) is 0 Å². The summed E-state index contributed by atoms with van der Waals surface area (Å²) in [5.41, 5.74) is 8.94. The van der Waals surface area contributed by atoms with Gasteiger partial charge in [0.25, 0.3) is 5.91 Å². The van der Waals surface area contributed by atoms with Crippen LogP contribution in [0, 0.1) is 5.82 Å². The third kappa shape index (κ3) is 3.13. The van der Waals surface area contributed by atoms with Gasteiger partial charge >= 0.3 is 0 Å². The van der Waals surface area contributed by atoms with Crippen molar-refractivity contribution in [1.82, 2.24) is 4.90 Å². The molecule has 4 rings (SSSR count). The molecule has 0 aliphatic carbocycles. The number of ether oxygens (including phenoxy) is 1. The number of fused-ring (bicyclic) bond motifs is 1. The molecule has 0 unspecified atom stereocenters. The summed E-state index contributed by atoms with van der Waals surface area (Å²) in [7, 11) is 0. The van der Waals surface area contributed by atoms with Gasteiger partial charge in [-0.25, -0.2) is 4.39 Å². The Labute approximate surface area is 152 Å². The molecule has 2 aliphatic heterocycles. The molecule has 1 saturated heterocycles. The largest absolute Gasteiger partial charge is 0.364 e. The van der Waals surface area contributed by atoms with E-state index in [1.165, 1.54) is 17.7 Å². The van der Waals surface area contributed by atoms with Crippen molar-refractivity contribution in [3.63, 3.8) is 0 Å². The van der Waals surface area contributed by atoms with Crippen LogP contribution < -0.4 is 5.73 Å². The number of rotatable bonds is 3. The Hall–Kier alpha value is -2.24. The standard InChI is InChI=1S/C21H23FN2O2/c22-16-7-5-15(6-8-16)20-18-4-2-1-3-14(18)11-12-24(20)21(25)19-10-9-17(13-23)26-19/h1-8,17,19-20H,9-13,23H2/t17-,19+,20+/m1/s1. The van der Waals surface area contributed by atoms with Crippen LogP contribution in [0.15, 0.2) is 48.5 Å². The molecule has 26 heavy (non-hydrogen) atoms. The predicted molar refractivity (Wildman–Crippen MR) is 97.1 cm³/mol. The number of nitrogens with two attached hydrogens (primary N) is 1. The van der Waals surface area contributed by atoms with E-state index >= 15 is 0 Å². The number of carbonyl (C=O) groups is 1. The Bertz CT molecular complexity index is 793. The molecule has 0 bridgehead atoms. The van der Waals surface area contributed by atoms with E-state index in [-0.39, 0.29) is 23.9 Å². The topological polar surface area (TPSA) is 55.6 Å². The van der Waals surface area contributed by atoms with Gasteiger partial charge in [0.15, 0.2) is 0 Å². The summed E-state index contributed by atoms with van der Waals surface area (Å²) in [6, 6.07) is 14.4. The third-order valence-corrected chi connectivity index (χ3v) is 5.40. The molecule has 0 spiro atoms. The predicted octanol–water partition coefficient (Wildman–Crippen LogP) is 2.81. The first-order valence-electron chi connectivity index (χ1n) is 9.16. The molecule has 2 aromatic rings. The number of nitrogens with zero attached hydrogens (tertiary/aromatic N) is 1. The molecule has 1 fully saturated rings. The Morgan fingerprint density at radius 1 is 1.15 bits per heavy atom. The maximum Gasteiger partial charge on any atom is 0.252 e. The van der Waals surface area contributed by atoms with Crippen molar-refractivity contribution < 1.29 is 13.9 Å². The third-order valence-electron chi connectivity index (χ3n) is 5.40. The molecule has 2 heterocycles. The van der Waals surface area contributed by atoms with Gasteiger partial charge in [-0.1, -0.05) is 36.4 Å². The first-order chi connectivity index (χ1) is 12.7. The average molecular weight is 354 g/mol. The summed E-state index contributed by atoms with van der Waals surface area (Å²) in [6.07, 6.45) is 1.86. The van der Waals surface area contributed by atoms with E-state index in [1.54, 1.807) is 12.1 Å². The number of hydrogen-bond donors (Lipinski definition) is 1. The Kier molecular flexibility index (Phi) is 4.74. The number of halogens is 1. The van der Waals surface area contributed by atoms with Crippen molar-refractivity contribution in [2.45, 2.75) is 37.5 Å². The number of benzene rings is 2. The highest BCUT2D eigenvalue weighted by Crippen LogP contribution is 2.36. The van der Waals surface area contributed by atoms with Crippen LogP contribution in [0.2, 0.25) is 0 Å². The van der Waals surface area contributed by atoms with Gasteiger partial charge < -0.3 is 15.4 Å². The summed E-state index contributed by atoms with van der Waals surface area (Å²) in [5, 5.41) is 0. The quantitative estimate of drug-likeness (QED) is 0.922. The zero-order valence-electron chi connectivity index (χ0n) is 14.6. The molecule has 3 atom stereocenters. The number of carbonyl (C=O) groups excluding carboxylic acids is 1. The van der Waals surface area contributed by atoms with Crippen LogP contribution in [-0.2, 0) is 16.0 Å². The van der Waals surface area contributed by atoms with Gasteiger partial charge in [-0.3, -0.25) is 4.79 Å². The molecule has 5 heteroatoms. The first-order valence-corrected chi connectivity index (χ1v) is 9.16. The minimum absolute atomic E-state index is 0.00442. The molecule has 4 nitrogen and oxygen atoms in total. The Morgan fingerprint density at radius 2 is 1.92 bits per heavy atom. The van der Waals surface area contributed by atoms with E-state index in [0.29, 0.717) is 19.5 Å². The first kappa shape index (κ1) is 17.2. The average Bonchev–Trinajstić information content (AvgIpc) is 3.16. The molecule has 1 amide bonds. The lowest BCUT2D eigenvalue weighted by Gasteiger charge is -2.39. The summed E-state index contributed by atoms with van der Waals surface area (Å²) in [4.78, 5) is 15.1. The second kappa shape index (κ2) is 7.17. The zero-order valence-corrected chi connectivity index (χ0v) is 14.6. The van der Waals surface area contributed by atoms with Crippen LogP contribution in [0.5, 0.6) is 0 Å². The molecule has 0 aromatic heterocycles. The molecule has 2 aromatic carbocycles. The molecular formula is C21H23FN2O2. The van der Waals surface area contributed by atoms with Crippen LogP contribution in [0.1, 0.15) is 35.6 Å². The molecule has 2 aliphatic rings. The van der Waals surface area contributed by atoms with Crippen molar-refractivity contribution in [1.29, 1.82) is 0 Å². The van der Waals surface area contributed by atoms with E-state index in [9.17, 15) is 9.18 Å². The van der Waals surface area contributed by atoms with E-state index < -0.39 is 6.10 Å². The second-order valence-corrected chi connectivity index (χ2v) is 6.99. The van der Waals surface area contributed by atoms with E-state index in [0.717, 1.165) is 24.0 Å². The highest BCUT2D eigenvalue weighted by atomic mass is 19.1. The van der Waals surface area contributed by atoms with E-state index in [2.05, 4.69) is 12.1 Å². The van der Waals surface area contributed by atoms with Crippen molar-refractivity contribution in [2.24, 2.45) is 5.73 Å². The van der Waals surface area contributed by atoms with Crippen LogP contribution in [0.25, 0.3) is 0 Å². The zero-order chi connectivity index (χ0) is 18.1. The van der Waals surface area contributed by atoms with Gasteiger partial charge in [-0.15, -0.1) is 0 Å². The molecule has 0 saturated carbocycles. The fourth-order valence-corrected chi connectivity index (χ4v) is 4.05. The highest BCUT2D eigenvalue weighted by molar-refractivity contribution is 5.82. The van der Waals surface area contributed by atoms with Crippen molar-refractivity contribution in [2.75, 3.05) is 13.1 Å². The smallest absolute Gasteiger partial charge is 0.252 e. The van der Waals surface area contributed by atoms with Gasteiger partial charge in [0.2, 0.25) is 0 Å². The van der Waals surface area contributed by atoms with Crippen LogP contribution in [0.3, 0.4) is 0 Å². The van der Waals surface area contributed by atoms with E-state index in [4.69, 9.17) is 10.5 Å². The summed E-state index contributed by atoms with van der Waals surface area (Å²) < 4.78 is 19.3. The summed E-state index contributed by atoms with van der Waals surface area (Å²) >= 11 is 0. The summed E-state index contributed by atoms with van der Waals surface area (Å²) in [5.74, 6) is -0.273. The van der Waals surface area contributed by atoms with Gasteiger partial charge in [0, 0.05) is 13.1 Å². The lowest BCUT2D eigenvalue weighted by atomic mass is 9.87. The lowest BCUT2D eigenvalue weighted by Crippen LogP contribution is -2.45. The van der Waals surface area contributed by atoms with E-state index in [1.807, 2.05) is 17.0 Å².